The molecule has 0 spiro atoms. The smallest absolute Gasteiger partial charge is 0.317 e. The Morgan fingerprint density at radius 3 is 2.95 bits per heavy atom. The zero-order valence-corrected chi connectivity index (χ0v) is 14.7. The first-order chi connectivity index (χ1) is 10.4. The lowest BCUT2D eigenvalue weighted by molar-refractivity contribution is 0.170. The lowest BCUT2D eigenvalue weighted by Gasteiger charge is -2.32. The van der Waals surface area contributed by atoms with Crippen molar-refractivity contribution in [2.45, 2.75) is 32.7 Å². The number of nitrogens with one attached hydrogen (secondary N) is 1. The zero-order chi connectivity index (χ0) is 16.2. The van der Waals surface area contributed by atoms with Gasteiger partial charge in [-0.25, -0.2) is 18.2 Å². The van der Waals surface area contributed by atoms with E-state index in [4.69, 9.17) is 0 Å². The van der Waals surface area contributed by atoms with E-state index in [2.05, 4.69) is 17.2 Å². The van der Waals surface area contributed by atoms with Gasteiger partial charge in [-0.2, -0.15) is 0 Å². The number of hydrogen-bond donors (Lipinski definition) is 1. The fourth-order valence-corrected chi connectivity index (χ4v) is 4.56. The van der Waals surface area contributed by atoms with Crippen molar-refractivity contribution in [1.82, 2.24) is 15.2 Å². The molecule has 6 nitrogen and oxygen atoms in total. The minimum absolute atomic E-state index is 0.0421. The Bertz CT molecular complexity index is 613. The number of amides is 2. The first-order valence-corrected chi connectivity index (χ1v) is 10.4. The topological polar surface area (TPSA) is 79.4 Å². The van der Waals surface area contributed by atoms with E-state index in [0.717, 1.165) is 30.0 Å². The maximum Gasteiger partial charge on any atom is 0.317 e. The molecule has 0 aliphatic carbocycles. The highest BCUT2D eigenvalue weighted by atomic mass is 32.2. The highest BCUT2D eigenvalue weighted by Gasteiger charge is 2.26. The summed E-state index contributed by atoms with van der Waals surface area (Å²) < 4.78 is 22.8. The van der Waals surface area contributed by atoms with E-state index in [0.29, 0.717) is 19.6 Å². The maximum absolute atomic E-state index is 12.2. The average Bonchev–Trinajstić information content (AvgIpc) is 2.91. The molecule has 22 heavy (non-hydrogen) atoms. The molecule has 1 N–H and O–H groups in total. The van der Waals surface area contributed by atoms with E-state index >= 15 is 0 Å². The van der Waals surface area contributed by atoms with Crippen LogP contribution in [0.3, 0.4) is 0 Å². The molecular weight excluding hydrogens is 322 g/mol. The number of urea groups is 1. The number of rotatable bonds is 5. The third kappa shape index (κ3) is 5.24. The van der Waals surface area contributed by atoms with Crippen molar-refractivity contribution in [2.75, 3.05) is 25.1 Å². The van der Waals surface area contributed by atoms with Gasteiger partial charge in [-0.1, -0.05) is 6.92 Å². The quantitative estimate of drug-likeness (QED) is 0.880. The van der Waals surface area contributed by atoms with Crippen molar-refractivity contribution >= 4 is 27.2 Å². The van der Waals surface area contributed by atoms with Crippen LogP contribution >= 0.6 is 11.3 Å². The van der Waals surface area contributed by atoms with Crippen molar-refractivity contribution in [3.63, 3.8) is 0 Å². The Balaban J connectivity index is 1.83. The first-order valence-electron chi connectivity index (χ1n) is 7.51. The fourth-order valence-electron chi connectivity index (χ4n) is 2.68. The molecule has 1 aromatic rings. The van der Waals surface area contributed by atoms with Gasteiger partial charge in [0.15, 0.2) is 0 Å². The van der Waals surface area contributed by atoms with Crippen LogP contribution in [0.5, 0.6) is 0 Å². The van der Waals surface area contributed by atoms with Crippen molar-refractivity contribution in [2.24, 2.45) is 5.92 Å². The molecule has 1 fully saturated rings. The molecule has 124 valence electrons. The third-order valence-electron chi connectivity index (χ3n) is 3.67. The normalized spacial score (nSPS) is 19.2. The fraction of sp³-hybridized carbons (Fsp3) is 0.714. The number of carbonyl (C=O) groups is 1. The van der Waals surface area contributed by atoms with Gasteiger partial charge >= 0.3 is 6.03 Å². The predicted molar refractivity (Wildman–Crippen MR) is 87.7 cm³/mol. The summed E-state index contributed by atoms with van der Waals surface area (Å²) in [6.45, 7) is 3.67. The number of nitrogens with zero attached hydrogens (tertiary/aromatic N) is 2. The summed E-state index contributed by atoms with van der Waals surface area (Å²) in [7, 11) is -3.00. The van der Waals surface area contributed by atoms with Gasteiger partial charge in [-0.15, -0.1) is 11.3 Å². The van der Waals surface area contributed by atoms with Gasteiger partial charge < -0.3 is 10.2 Å². The Hall–Kier alpha value is -1.15. The summed E-state index contributed by atoms with van der Waals surface area (Å²) in [6, 6.07) is -0.135. The largest absolute Gasteiger partial charge is 0.332 e. The van der Waals surface area contributed by atoms with Crippen molar-refractivity contribution in [3.8, 4) is 0 Å². The summed E-state index contributed by atoms with van der Waals surface area (Å²) in [6.07, 6.45) is 3.87. The zero-order valence-electron chi connectivity index (χ0n) is 13.0. The molecule has 1 aliphatic rings. The van der Waals surface area contributed by atoms with Gasteiger partial charge in [0.25, 0.3) is 0 Å². The molecule has 1 aliphatic heterocycles. The summed E-state index contributed by atoms with van der Waals surface area (Å²) in [5, 5.41) is 5.90. The number of thiazole rings is 1. The molecule has 0 radical (unpaired) electrons. The van der Waals surface area contributed by atoms with Crippen LogP contribution in [-0.4, -0.2) is 49.4 Å². The van der Waals surface area contributed by atoms with E-state index in [-0.39, 0.29) is 17.7 Å². The van der Waals surface area contributed by atoms with Gasteiger partial charge in [0.2, 0.25) is 0 Å². The molecule has 0 bridgehead atoms. The van der Waals surface area contributed by atoms with Crippen molar-refractivity contribution in [1.29, 1.82) is 0 Å². The standard InChI is InChI=1S/C14H23N3O3S2/c1-3-13-16-12(9-21-13)7-15-14(18)17-6-4-5-11(8-17)10-22(2,19)20/h9,11H,3-8,10H2,1-2H3,(H,15,18)/t11-/m0/s1. The van der Waals surface area contributed by atoms with Gasteiger partial charge in [-0.05, 0) is 25.2 Å². The molecule has 1 atom stereocenters. The molecule has 0 aromatic carbocycles. The number of carbonyl (C=O) groups excluding carboxylic acids is 1. The second-order valence-electron chi connectivity index (χ2n) is 5.79. The number of hydrogen-bond acceptors (Lipinski definition) is 5. The molecule has 1 aromatic heterocycles. The number of aryl methyl sites for hydroxylation is 1. The van der Waals surface area contributed by atoms with Gasteiger partial charge in [0, 0.05) is 24.7 Å². The van der Waals surface area contributed by atoms with Crippen LogP contribution in [0.15, 0.2) is 5.38 Å². The minimum atomic E-state index is -3.00. The van der Waals surface area contributed by atoms with Crippen LogP contribution in [0.2, 0.25) is 0 Å². The van der Waals surface area contributed by atoms with E-state index in [1.54, 1.807) is 16.2 Å². The maximum atomic E-state index is 12.2. The first kappa shape index (κ1) is 17.2. The van der Waals surface area contributed by atoms with E-state index in [1.165, 1.54) is 6.26 Å². The van der Waals surface area contributed by atoms with Gasteiger partial charge in [0.1, 0.15) is 9.84 Å². The van der Waals surface area contributed by atoms with Crippen LogP contribution in [0.25, 0.3) is 0 Å². The highest BCUT2D eigenvalue weighted by molar-refractivity contribution is 7.90. The second kappa shape index (κ2) is 7.41. The lowest BCUT2D eigenvalue weighted by Crippen LogP contribution is -2.46. The highest BCUT2D eigenvalue weighted by Crippen LogP contribution is 2.18. The summed E-state index contributed by atoms with van der Waals surface area (Å²) in [5.41, 5.74) is 0.875. The number of piperidine rings is 1. The Kier molecular flexibility index (Phi) is 5.80. The third-order valence-corrected chi connectivity index (χ3v) is 5.79. The summed E-state index contributed by atoms with van der Waals surface area (Å²) in [5.74, 6) is 0.198. The van der Waals surface area contributed by atoms with E-state index < -0.39 is 9.84 Å². The van der Waals surface area contributed by atoms with E-state index in [9.17, 15) is 13.2 Å². The second-order valence-corrected chi connectivity index (χ2v) is 8.92. The Labute approximate surface area is 135 Å². The van der Waals surface area contributed by atoms with Crippen LogP contribution in [0.4, 0.5) is 4.79 Å². The monoisotopic (exact) mass is 345 g/mol. The molecule has 2 heterocycles. The molecule has 8 heteroatoms. The van der Waals surface area contributed by atoms with Gasteiger partial charge in [-0.3, -0.25) is 0 Å². The SMILES string of the molecule is CCc1nc(CNC(=O)N2CCC[C@H](CS(C)(=O)=O)C2)cs1. The summed E-state index contributed by atoms with van der Waals surface area (Å²) >= 11 is 1.60. The average molecular weight is 345 g/mol. The molecular formula is C14H23N3O3S2. The molecule has 0 unspecified atom stereocenters. The van der Waals surface area contributed by atoms with Crippen molar-refractivity contribution < 1.29 is 13.2 Å². The Morgan fingerprint density at radius 2 is 2.32 bits per heavy atom. The molecule has 0 saturated carbocycles. The number of sulfone groups is 1. The van der Waals surface area contributed by atoms with Crippen LogP contribution in [0.1, 0.15) is 30.5 Å². The van der Waals surface area contributed by atoms with Crippen LogP contribution in [-0.2, 0) is 22.8 Å². The lowest BCUT2D eigenvalue weighted by atomic mass is 10.0. The van der Waals surface area contributed by atoms with Crippen molar-refractivity contribution in [3.05, 3.63) is 16.1 Å². The summed E-state index contributed by atoms with van der Waals surface area (Å²) in [4.78, 5) is 18.3. The molecule has 2 rings (SSSR count). The van der Waals surface area contributed by atoms with Gasteiger partial charge in [0.05, 0.1) is 23.0 Å². The molecule has 1 saturated heterocycles. The predicted octanol–water partition coefficient (Wildman–Crippen LogP) is 1.67. The minimum Gasteiger partial charge on any atom is -0.332 e. The van der Waals surface area contributed by atoms with E-state index in [1.807, 2.05) is 5.38 Å². The van der Waals surface area contributed by atoms with Crippen LogP contribution in [0, 0.1) is 5.92 Å². The number of aromatic nitrogens is 1. The van der Waals surface area contributed by atoms with Crippen LogP contribution < -0.4 is 5.32 Å². The number of likely N-dealkylation sites (tertiary alicyclic amines) is 1. The Morgan fingerprint density at radius 1 is 1.55 bits per heavy atom. The molecule has 2 amide bonds.